The largest absolute Gasteiger partial charge is 0.353 e. The van der Waals surface area contributed by atoms with Crippen LogP contribution in [0.4, 0.5) is 0 Å². The number of hydrogen-bond acceptors (Lipinski definition) is 1. The standard InChI is InChI=1S/C14H23NO/c16-14(15-13-7-8-13)12-6-5-10-3-1-2-4-11(10)9-12/h10-13H,1-9H2,(H,15,16). The first-order valence-electron chi connectivity index (χ1n) is 7.13. The summed E-state index contributed by atoms with van der Waals surface area (Å²) in [6, 6.07) is 0.538. The van der Waals surface area contributed by atoms with Crippen LogP contribution in [0.3, 0.4) is 0 Å². The third kappa shape index (κ3) is 2.26. The second-order valence-corrected chi connectivity index (χ2v) is 6.10. The average Bonchev–Trinajstić information content (AvgIpc) is 3.12. The predicted molar refractivity (Wildman–Crippen MR) is 64.0 cm³/mol. The lowest BCUT2D eigenvalue weighted by atomic mass is 9.67. The normalized spacial score (nSPS) is 38.9. The molecule has 0 aromatic carbocycles. The minimum absolute atomic E-state index is 0.347. The van der Waals surface area contributed by atoms with Gasteiger partial charge in [-0.05, 0) is 43.9 Å². The monoisotopic (exact) mass is 221 g/mol. The SMILES string of the molecule is O=C(NC1CC1)C1CCC2CCCCC2C1. The molecule has 2 heteroatoms. The van der Waals surface area contributed by atoms with Gasteiger partial charge >= 0.3 is 0 Å². The Balaban J connectivity index is 1.54. The Morgan fingerprint density at radius 3 is 2.38 bits per heavy atom. The Bertz CT molecular complexity index is 272. The van der Waals surface area contributed by atoms with Gasteiger partial charge in [-0.1, -0.05) is 25.7 Å². The van der Waals surface area contributed by atoms with Crippen LogP contribution in [0, 0.1) is 17.8 Å². The molecule has 0 saturated heterocycles. The van der Waals surface area contributed by atoms with Crippen molar-refractivity contribution >= 4 is 5.91 Å². The number of carbonyl (C=O) groups excluding carboxylic acids is 1. The van der Waals surface area contributed by atoms with E-state index in [-0.39, 0.29) is 0 Å². The van der Waals surface area contributed by atoms with Crippen molar-refractivity contribution in [2.75, 3.05) is 0 Å². The zero-order valence-electron chi connectivity index (χ0n) is 10.1. The van der Waals surface area contributed by atoms with Crippen LogP contribution in [-0.4, -0.2) is 11.9 Å². The molecule has 0 radical (unpaired) electrons. The topological polar surface area (TPSA) is 29.1 Å². The fourth-order valence-electron chi connectivity index (χ4n) is 3.66. The molecular weight excluding hydrogens is 198 g/mol. The molecule has 0 bridgehead atoms. The summed E-state index contributed by atoms with van der Waals surface area (Å²) in [5, 5.41) is 3.18. The van der Waals surface area contributed by atoms with Crippen molar-refractivity contribution in [2.45, 2.75) is 63.8 Å². The lowest BCUT2D eigenvalue weighted by molar-refractivity contribution is -0.127. The van der Waals surface area contributed by atoms with E-state index in [0.717, 1.165) is 18.3 Å². The molecule has 1 amide bonds. The second-order valence-electron chi connectivity index (χ2n) is 6.10. The van der Waals surface area contributed by atoms with Gasteiger partial charge in [-0.25, -0.2) is 0 Å². The van der Waals surface area contributed by atoms with E-state index in [2.05, 4.69) is 5.32 Å². The first-order chi connectivity index (χ1) is 7.83. The van der Waals surface area contributed by atoms with E-state index in [1.165, 1.54) is 51.4 Å². The van der Waals surface area contributed by atoms with Crippen molar-refractivity contribution in [1.82, 2.24) is 5.32 Å². The van der Waals surface area contributed by atoms with Crippen LogP contribution in [0.5, 0.6) is 0 Å². The van der Waals surface area contributed by atoms with Crippen LogP contribution in [0.25, 0.3) is 0 Å². The van der Waals surface area contributed by atoms with Crippen molar-refractivity contribution in [1.29, 1.82) is 0 Å². The summed E-state index contributed by atoms with van der Waals surface area (Å²) in [7, 11) is 0. The van der Waals surface area contributed by atoms with Gasteiger partial charge in [0.25, 0.3) is 0 Å². The Morgan fingerprint density at radius 2 is 1.62 bits per heavy atom. The van der Waals surface area contributed by atoms with Crippen LogP contribution in [0.2, 0.25) is 0 Å². The van der Waals surface area contributed by atoms with Crippen molar-refractivity contribution in [2.24, 2.45) is 17.8 Å². The molecule has 0 aromatic heterocycles. The van der Waals surface area contributed by atoms with E-state index in [0.29, 0.717) is 17.9 Å². The summed E-state index contributed by atoms with van der Waals surface area (Å²) in [4.78, 5) is 12.0. The summed E-state index contributed by atoms with van der Waals surface area (Å²) < 4.78 is 0. The second kappa shape index (κ2) is 4.38. The number of fused-ring (bicyclic) bond motifs is 1. The molecular formula is C14H23NO. The summed E-state index contributed by atoms with van der Waals surface area (Å²) in [6.45, 7) is 0. The fourth-order valence-corrected chi connectivity index (χ4v) is 3.66. The van der Waals surface area contributed by atoms with Gasteiger partial charge < -0.3 is 5.32 Å². The molecule has 0 aromatic rings. The summed E-state index contributed by atoms with van der Waals surface area (Å²) in [6.07, 6.45) is 11.7. The maximum absolute atomic E-state index is 12.0. The summed E-state index contributed by atoms with van der Waals surface area (Å²) in [5.74, 6) is 2.54. The number of nitrogens with one attached hydrogen (secondary N) is 1. The molecule has 3 unspecified atom stereocenters. The van der Waals surface area contributed by atoms with Crippen LogP contribution < -0.4 is 5.32 Å². The minimum atomic E-state index is 0.347. The molecule has 3 saturated carbocycles. The van der Waals surface area contributed by atoms with Crippen LogP contribution >= 0.6 is 0 Å². The van der Waals surface area contributed by atoms with Gasteiger partial charge in [0, 0.05) is 12.0 Å². The molecule has 3 aliphatic rings. The van der Waals surface area contributed by atoms with Crippen LogP contribution in [0.15, 0.2) is 0 Å². The summed E-state index contributed by atoms with van der Waals surface area (Å²) >= 11 is 0. The minimum Gasteiger partial charge on any atom is -0.353 e. The molecule has 2 nitrogen and oxygen atoms in total. The number of amides is 1. The Morgan fingerprint density at radius 1 is 0.875 bits per heavy atom. The van der Waals surface area contributed by atoms with E-state index >= 15 is 0 Å². The molecule has 0 heterocycles. The molecule has 0 spiro atoms. The first-order valence-corrected chi connectivity index (χ1v) is 7.13. The smallest absolute Gasteiger partial charge is 0.223 e. The molecule has 16 heavy (non-hydrogen) atoms. The van der Waals surface area contributed by atoms with E-state index < -0.39 is 0 Å². The van der Waals surface area contributed by atoms with Gasteiger partial charge in [0.15, 0.2) is 0 Å². The van der Waals surface area contributed by atoms with Crippen molar-refractivity contribution < 1.29 is 4.79 Å². The van der Waals surface area contributed by atoms with Gasteiger partial charge in [0.2, 0.25) is 5.91 Å². The third-order valence-electron chi connectivity index (χ3n) is 4.83. The zero-order valence-corrected chi connectivity index (χ0v) is 10.1. The highest BCUT2D eigenvalue weighted by Gasteiger charge is 2.36. The maximum atomic E-state index is 12.0. The molecule has 90 valence electrons. The lowest BCUT2D eigenvalue weighted by Gasteiger charge is -2.38. The van der Waals surface area contributed by atoms with Crippen molar-refractivity contribution in [3.63, 3.8) is 0 Å². The van der Waals surface area contributed by atoms with E-state index in [1.54, 1.807) is 0 Å². The lowest BCUT2D eigenvalue weighted by Crippen LogP contribution is -2.38. The van der Waals surface area contributed by atoms with Crippen LogP contribution in [-0.2, 0) is 4.79 Å². The third-order valence-corrected chi connectivity index (χ3v) is 4.83. The molecule has 3 fully saturated rings. The molecule has 0 aliphatic heterocycles. The van der Waals surface area contributed by atoms with E-state index in [1.807, 2.05) is 0 Å². The molecule has 3 rings (SSSR count). The van der Waals surface area contributed by atoms with Gasteiger partial charge in [-0.2, -0.15) is 0 Å². The average molecular weight is 221 g/mol. The summed E-state index contributed by atoms with van der Waals surface area (Å²) in [5.41, 5.74) is 0. The Hall–Kier alpha value is -0.530. The molecule has 3 atom stereocenters. The van der Waals surface area contributed by atoms with E-state index in [9.17, 15) is 4.79 Å². The number of hydrogen-bond donors (Lipinski definition) is 1. The molecule has 3 aliphatic carbocycles. The predicted octanol–water partition coefficient (Wildman–Crippen LogP) is 2.87. The zero-order chi connectivity index (χ0) is 11.0. The fraction of sp³-hybridized carbons (Fsp3) is 0.929. The van der Waals surface area contributed by atoms with Gasteiger partial charge in [-0.3, -0.25) is 4.79 Å². The van der Waals surface area contributed by atoms with Gasteiger partial charge in [0.05, 0.1) is 0 Å². The van der Waals surface area contributed by atoms with Crippen LogP contribution in [0.1, 0.15) is 57.8 Å². The van der Waals surface area contributed by atoms with Gasteiger partial charge in [-0.15, -0.1) is 0 Å². The Kier molecular flexibility index (Phi) is 2.91. The highest BCUT2D eigenvalue weighted by molar-refractivity contribution is 5.79. The van der Waals surface area contributed by atoms with Crippen molar-refractivity contribution in [3.8, 4) is 0 Å². The Labute approximate surface area is 98.2 Å². The first kappa shape index (κ1) is 10.6. The van der Waals surface area contributed by atoms with Gasteiger partial charge in [0.1, 0.15) is 0 Å². The van der Waals surface area contributed by atoms with Crippen molar-refractivity contribution in [3.05, 3.63) is 0 Å². The number of rotatable bonds is 2. The quantitative estimate of drug-likeness (QED) is 0.763. The number of carbonyl (C=O) groups is 1. The maximum Gasteiger partial charge on any atom is 0.223 e. The van der Waals surface area contributed by atoms with E-state index in [4.69, 9.17) is 0 Å². The highest BCUT2D eigenvalue weighted by Crippen LogP contribution is 2.42. The molecule has 1 N–H and O–H groups in total. The highest BCUT2D eigenvalue weighted by atomic mass is 16.2.